The van der Waals surface area contributed by atoms with Crippen molar-refractivity contribution in [3.05, 3.63) is 29.3 Å². The first-order valence-electron chi connectivity index (χ1n) is 8.90. The summed E-state index contributed by atoms with van der Waals surface area (Å²) in [4.78, 5) is 32.3. The van der Waals surface area contributed by atoms with Crippen molar-refractivity contribution in [2.45, 2.75) is 57.9 Å². The number of primary amides is 2. The molecule has 0 bridgehead atoms. The summed E-state index contributed by atoms with van der Waals surface area (Å²) in [6.07, 6.45) is 5.29. The molecule has 3 amide bonds. The molecular weight excluding hydrogens is 334 g/mol. The summed E-state index contributed by atoms with van der Waals surface area (Å²) >= 11 is 0. The number of nitrogens with two attached hydrogens (primary N) is 2. The molecular formula is C19H29N3O4. The molecule has 144 valence electrons. The molecule has 0 spiro atoms. The molecule has 0 aliphatic carbocycles. The summed E-state index contributed by atoms with van der Waals surface area (Å²) in [7, 11) is 0. The van der Waals surface area contributed by atoms with E-state index < -0.39 is 5.91 Å². The minimum absolute atomic E-state index is 0.194. The Kier molecular flexibility index (Phi) is 9.82. The number of nitrogens with one attached hydrogen (secondary N) is 1. The van der Waals surface area contributed by atoms with Gasteiger partial charge in [-0.2, -0.15) is 0 Å². The molecule has 0 radical (unpaired) electrons. The molecule has 1 aromatic carbocycles. The largest absolute Gasteiger partial charge is 0.491 e. The lowest BCUT2D eigenvalue weighted by molar-refractivity contribution is -0.119. The maximum absolute atomic E-state index is 10.9. The Morgan fingerprint density at radius 3 is 2.50 bits per heavy atom. The summed E-state index contributed by atoms with van der Waals surface area (Å²) in [6, 6.07) is 5.75. The fourth-order valence-corrected chi connectivity index (χ4v) is 2.68. The molecule has 0 fully saturated rings. The zero-order chi connectivity index (χ0) is 19.4. The molecule has 5 N–H and O–H groups in total. The van der Waals surface area contributed by atoms with Crippen LogP contribution < -0.4 is 21.5 Å². The Morgan fingerprint density at radius 2 is 1.85 bits per heavy atom. The number of hydrogen-bond donors (Lipinski definition) is 3. The number of carbonyl (C=O) groups is 3. The third kappa shape index (κ3) is 9.66. The highest BCUT2D eigenvalue weighted by Crippen LogP contribution is 2.19. The number of benzene rings is 1. The Hall–Kier alpha value is -2.57. The molecule has 0 saturated carbocycles. The lowest BCUT2D eigenvalue weighted by Gasteiger charge is -2.17. The fourth-order valence-electron chi connectivity index (χ4n) is 2.68. The predicted octanol–water partition coefficient (Wildman–Crippen LogP) is 1.34. The molecule has 26 heavy (non-hydrogen) atoms. The van der Waals surface area contributed by atoms with Crippen LogP contribution in [-0.4, -0.2) is 30.9 Å². The van der Waals surface area contributed by atoms with E-state index in [1.165, 1.54) is 0 Å². The Bertz CT molecular complexity index is 604. The zero-order valence-corrected chi connectivity index (χ0v) is 15.3. The second-order valence-electron chi connectivity index (χ2n) is 6.48. The molecule has 0 aromatic heterocycles. The number of aryl methyl sites for hydroxylation is 2. The smallest absolute Gasteiger partial charge is 0.217 e. The number of unbranched alkanes of at least 4 members (excludes halogenated alkanes) is 2. The van der Waals surface area contributed by atoms with Gasteiger partial charge >= 0.3 is 0 Å². The fraction of sp³-hybridized carbons (Fsp3) is 0.526. The summed E-state index contributed by atoms with van der Waals surface area (Å²) < 4.78 is 5.80. The van der Waals surface area contributed by atoms with E-state index in [1.807, 2.05) is 19.1 Å². The third-order valence-corrected chi connectivity index (χ3v) is 3.99. The van der Waals surface area contributed by atoms with Gasteiger partial charge in [0.05, 0.1) is 6.04 Å². The zero-order valence-electron chi connectivity index (χ0n) is 15.3. The highest BCUT2D eigenvalue weighted by molar-refractivity contribution is 5.74. The SMILES string of the molecule is Cc1cc(CCCCCC(N)=O)cc(OC[C@H](CCC(N)=O)NC=O)c1. The number of rotatable bonds is 14. The topological polar surface area (TPSA) is 125 Å². The van der Waals surface area contributed by atoms with Crippen LogP contribution in [0.15, 0.2) is 18.2 Å². The average Bonchev–Trinajstić information content (AvgIpc) is 2.56. The first-order chi connectivity index (χ1) is 12.4. The Morgan fingerprint density at radius 1 is 1.12 bits per heavy atom. The summed E-state index contributed by atoms with van der Waals surface area (Å²) in [5.74, 6) is 0.0665. The van der Waals surface area contributed by atoms with Crippen LogP contribution in [0.3, 0.4) is 0 Å². The third-order valence-electron chi connectivity index (χ3n) is 3.99. The van der Waals surface area contributed by atoms with Crippen LogP contribution in [0.1, 0.15) is 49.7 Å². The van der Waals surface area contributed by atoms with Gasteiger partial charge in [0, 0.05) is 12.8 Å². The van der Waals surface area contributed by atoms with Gasteiger partial charge in [0.1, 0.15) is 12.4 Å². The maximum Gasteiger partial charge on any atom is 0.217 e. The molecule has 0 saturated heterocycles. The van der Waals surface area contributed by atoms with Gasteiger partial charge in [0.15, 0.2) is 0 Å². The van der Waals surface area contributed by atoms with Gasteiger partial charge in [-0.15, -0.1) is 0 Å². The monoisotopic (exact) mass is 363 g/mol. The van der Waals surface area contributed by atoms with Crippen molar-refractivity contribution in [3.63, 3.8) is 0 Å². The first-order valence-corrected chi connectivity index (χ1v) is 8.90. The minimum Gasteiger partial charge on any atom is -0.491 e. The van der Waals surface area contributed by atoms with E-state index in [9.17, 15) is 14.4 Å². The highest BCUT2D eigenvalue weighted by Gasteiger charge is 2.11. The van der Waals surface area contributed by atoms with Gasteiger partial charge in [-0.05, 0) is 55.9 Å². The molecule has 1 rings (SSSR count). The first kappa shape index (κ1) is 21.5. The summed E-state index contributed by atoms with van der Waals surface area (Å²) in [6.45, 7) is 2.27. The van der Waals surface area contributed by atoms with Crippen molar-refractivity contribution < 1.29 is 19.1 Å². The van der Waals surface area contributed by atoms with E-state index in [0.29, 0.717) is 19.3 Å². The van der Waals surface area contributed by atoms with Crippen molar-refractivity contribution in [3.8, 4) is 5.75 Å². The molecule has 0 heterocycles. The molecule has 1 aromatic rings. The van der Waals surface area contributed by atoms with Crippen molar-refractivity contribution in [2.75, 3.05) is 6.61 Å². The maximum atomic E-state index is 10.9. The van der Waals surface area contributed by atoms with Gasteiger partial charge in [-0.25, -0.2) is 0 Å². The van der Waals surface area contributed by atoms with E-state index in [2.05, 4.69) is 11.4 Å². The second-order valence-corrected chi connectivity index (χ2v) is 6.48. The normalized spacial score (nSPS) is 11.6. The molecule has 1 atom stereocenters. The van der Waals surface area contributed by atoms with Crippen LogP contribution in [0, 0.1) is 6.92 Å². The summed E-state index contributed by atoms with van der Waals surface area (Å²) in [5.41, 5.74) is 12.5. The summed E-state index contributed by atoms with van der Waals surface area (Å²) in [5, 5.41) is 2.64. The Balaban J connectivity index is 2.52. The van der Waals surface area contributed by atoms with Crippen LogP contribution in [0.4, 0.5) is 0 Å². The molecule has 7 heteroatoms. The van der Waals surface area contributed by atoms with Crippen molar-refractivity contribution in [1.29, 1.82) is 0 Å². The van der Waals surface area contributed by atoms with Gasteiger partial charge < -0.3 is 21.5 Å². The molecule has 7 nitrogen and oxygen atoms in total. The van der Waals surface area contributed by atoms with Crippen LogP contribution in [0.2, 0.25) is 0 Å². The number of hydrogen-bond acceptors (Lipinski definition) is 4. The van der Waals surface area contributed by atoms with Crippen LogP contribution in [-0.2, 0) is 20.8 Å². The van der Waals surface area contributed by atoms with Crippen LogP contribution >= 0.6 is 0 Å². The lowest BCUT2D eigenvalue weighted by Crippen LogP contribution is -2.34. The predicted molar refractivity (Wildman–Crippen MR) is 99.5 cm³/mol. The highest BCUT2D eigenvalue weighted by atomic mass is 16.5. The van der Waals surface area contributed by atoms with Gasteiger partial charge in [-0.1, -0.05) is 12.5 Å². The van der Waals surface area contributed by atoms with Crippen LogP contribution in [0.25, 0.3) is 0 Å². The molecule has 0 unspecified atom stereocenters. The van der Waals surface area contributed by atoms with E-state index >= 15 is 0 Å². The second kappa shape index (κ2) is 11.9. The van der Waals surface area contributed by atoms with Crippen molar-refractivity contribution in [1.82, 2.24) is 5.32 Å². The van der Waals surface area contributed by atoms with Crippen LogP contribution in [0.5, 0.6) is 5.75 Å². The van der Waals surface area contributed by atoms with Gasteiger partial charge in [-0.3, -0.25) is 14.4 Å². The van der Waals surface area contributed by atoms with E-state index in [0.717, 1.165) is 42.6 Å². The lowest BCUT2D eigenvalue weighted by atomic mass is 10.0. The number of carbonyl (C=O) groups excluding carboxylic acids is 3. The van der Waals surface area contributed by atoms with Crippen molar-refractivity contribution in [2.24, 2.45) is 11.5 Å². The number of ether oxygens (including phenoxy) is 1. The molecule has 0 aliphatic rings. The molecule has 0 aliphatic heterocycles. The standard InChI is InChI=1S/C19H29N3O4/c1-14-9-15(5-3-2-4-6-18(20)24)11-17(10-14)26-12-16(22-13-23)7-8-19(21)25/h9-11,13,16H,2-8,12H2,1H3,(H2,20,24)(H2,21,25)(H,22,23)/t16-/m0/s1. The van der Waals surface area contributed by atoms with E-state index in [4.69, 9.17) is 16.2 Å². The van der Waals surface area contributed by atoms with Gasteiger partial charge in [0.25, 0.3) is 0 Å². The van der Waals surface area contributed by atoms with E-state index in [1.54, 1.807) is 0 Å². The average molecular weight is 363 g/mol. The van der Waals surface area contributed by atoms with Crippen molar-refractivity contribution >= 4 is 18.2 Å². The van der Waals surface area contributed by atoms with Gasteiger partial charge in [0.2, 0.25) is 18.2 Å². The minimum atomic E-state index is -0.406. The number of amides is 3. The Labute approximate surface area is 154 Å². The quantitative estimate of drug-likeness (QED) is 0.341. The van der Waals surface area contributed by atoms with E-state index in [-0.39, 0.29) is 25.0 Å².